The Bertz CT molecular complexity index is 1080. The van der Waals surface area contributed by atoms with Crippen molar-refractivity contribution in [3.63, 3.8) is 0 Å². The van der Waals surface area contributed by atoms with Crippen LogP contribution in [0.1, 0.15) is 45.1 Å². The lowest BCUT2D eigenvalue weighted by Gasteiger charge is -2.43. The van der Waals surface area contributed by atoms with Gasteiger partial charge in [-0.2, -0.15) is 4.72 Å². The summed E-state index contributed by atoms with van der Waals surface area (Å²) in [5, 5.41) is 0.924. The van der Waals surface area contributed by atoms with Crippen molar-refractivity contribution in [1.29, 1.82) is 0 Å². The first kappa shape index (κ1) is 23.2. The van der Waals surface area contributed by atoms with Gasteiger partial charge in [0.05, 0.1) is 0 Å². The third kappa shape index (κ3) is 4.71. The molecule has 170 valence electrons. The maximum Gasteiger partial charge on any atom is 0.251 e. The number of nitrogens with one attached hydrogen (secondary N) is 1. The van der Waals surface area contributed by atoms with Crippen LogP contribution in [0.4, 0.5) is 0 Å². The Kier molecular flexibility index (Phi) is 6.80. The van der Waals surface area contributed by atoms with Crippen LogP contribution >= 0.6 is 27.3 Å². The second-order valence-electron chi connectivity index (χ2n) is 8.86. The highest BCUT2D eigenvalue weighted by Crippen LogP contribution is 2.36. The van der Waals surface area contributed by atoms with Crippen LogP contribution in [0.5, 0.6) is 0 Å². The first-order chi connectivity index (χ1) is 14.7. The van der Waals surface area contributed by atoms with E-state index in [0.717, 1.165) is 59.0 Å². The van der Waals surface area contributed by atoms with E-state index in [1.165, 1.54) is 11.3 Å². The third-order valence-electron chi connectivity index (χ3n) is 6.54. The molecule has 1 amide bonds. The molecule has 1 N–H and O–H groups in total. The Morgan fingerprint density at radius 1 is 1.16 bits per heavy atom. The molecular formula is C22H30BrN3O3S2. The predicted octanol–water partition coefficient (Wildman–Crippen LogP) is 4.11. The average Bonchev–Trinajstić information content (AvgIpc) is 3.06. The van der Waals surface area contributed by atoms with Crippen LogP contribution in [0.25, 0.3) is 10.1 Å². The lowest BCUT2D eigenvalue weighted by atomic mass is 9.97. The summed E-state index contributed by atoms with van der Waals surface area (Å²) in [5.41, 5.74) is 0.731. The van der Waals surface area contributed by atoms with E-state index in [1.807, 2.05) is 30.0 Å². The number of likely N-dealkylation sites (tertiary alicyclic amines) is 2. The van der Waals surface area contributed by atoms with E-state index in [4.69, 9.17) is 0 Å². The van der Waals surface area contributed by atoms with Gasteiger partial charge in [0, 0.05) is 40.9 Å². The fraction of sp³-hybridized carbons (Fsp3) is 0.591. The molecule has 1 aromatic carbocycles. The molecule has 2 aliphatic heterocycles. The number of hydrogen-bond donors (Lipinski definition) is 1. The van der Waals surface area contributed by atoms with Crippen molar-refractivity contribution < 1.29 is 13.2 Å². The zero-order valence-electron chi connectivity index (χ0n) is 18.2. The van der Waals surface area contributed by atoms with Gasteiger partial charge >= 0.3 is 0 Å². The van der Waals surface area contributed by atoms with E-state index in [1.54, 1.807) is 0 Å². The minimum atomic E-state index is -3.77. The van der Waals surface area contributed by atoms with Crippen LogP contribution in [0.2, 0.25) is 0 Å². The molecule has 0 radical (unpaired) electrons. The molecule has 31 heavy (non-hydrogen) atoms. The molecule has 1 aromatic heterocycles. The van der Waals surface area contributed by atoms with Crippen LogP contribution in [-0.4, -0.2) is 61.9 Å². The third-order valence-corrected chi connectivity index (χ3v) is 10.4. The summed E-state index contributed by atoms with van der Waals surface area (Å²) in [6.45, 7) is 8.92. The summed E-state index contributed by atoms with van der Waals surface area (Å²) in [7, 11) is -3.77. The summed E-state index contributed by atoms with van der Waals surface area (Å²) in [6.07, 6.45) is 3.28. The highest BCUT2D eigenvalue weighted by molar-refractivity contribution is 9.10. The highest BCUT2D eigenvalue weighted by atomic mass is 79.9. The first-order valence-electron chi connectivity index (χ1n) is 10.9. The number of fused-ring (bicyclic) bond motifs is 1. The van der Waals surface area contributed by atoms with E-state index < -0.39 is 16.1 Å². The standard InChI is InChI=1S/C22H30BrN3O3S2/c1-14(2)25-11-8-17(9-12-25)26-10-4-5-19(21(26)27)24-31(28,29)22-15(3)18-13-16(23)6-7-20(18)30-22/h6-7,13-14,17,19,24H,4-5,8-12H2,1-3H3. The Labute approximate surface area is 197 Å². The van der Waals surface area contributed by atoms with Gasteiger partial charge in [-0.1, -0.05) is 15.9 Å². The van der Waals surface area contributed by atoms with Crippen molar-refractivity contribution in [2.75, 3.05) is 19.6 Å². The Balaban J connectivity index is 1.50. The zero-order chi connectivity index (χ0) is 22.3. The zero-order valence-corrected chi connectivity index (χ0v) is 21.4. The number of carbonyl (C=O) groups excluding carboxylic acids is 1. The van der Waals surface area contributed by atoms with Crippen LogP contribution in [0.15, 0.2) is 26.9 Å². The number of sulfonamides is 1. The van der Waals surface area contributed by atoms with Crippen molar-refractivity contribution in [3.05, 3.63) is 28.2 Å². The quantitative estimate of drug-likeness (QED) is 0.634. The lowest BCUT2D eigenvalue weighted by molar-refractivity contribution is -0.139. The summed E-state index contributed by atoms with van der Waals surface area (Å²) in [6, 6.07) is 5.82. The van der Waals surface area contributed by atoms with Gasteiger partial charge in [-0.3, -0.25) is 4.79 Å². The number of piperidine rings is 2. The topological polar surface area (TPSA) is 69.7 Å². The number of aryl methyl sites for hydroxylation is 1. The monoisotopic (exact) mass is 527 g/mol. The van der Waals surface area contributed by atoms with Gasteiger partial charge in [-0.15, -0.1) is 11.3 Å². The Morgan fingerprint density at radius 2 is 1.87 bits per heavy atom. The average molecular weight is 529 g/mol. The molecule has 3 heterocycles. The number of rotatable bonds is 5. The van der Waals surface area contributed by atoms with Crippen molar-refractivity contribution in [2.45, 2.75) is 68.8 Å². The molecule has 0 bridgehead atoms. The maximum atomic E-state index is 13.2. The van der Waals surface area contributed by atoms with Crippen LogP contribution in [-0.2, 0) is 14.8 Å². The summed E-state index contributed by atoms with van der Waals surface area (Å²) in [4.78, 5) is 17.6. The summed E-state index contributed by atoms with van der Waals surface area (Å²) in [5.74, 6) is -0.0701. The molecule has 2 fully saturated rings. The second kappa shape index (κ2) is 9.09. The van der Waals surface area contributed by atoms with Gasteiger partial charge in [0.2, 0.25) is 5.91 Å². The molecule has 4 rings (SSSR count). The minimum Gasteiger partial charge on any atom is -0.338 e. The van der Waals surface area contributed by atoms with Gasteiger partial charge in [-0.25, -0.2) is 8.42 Å². The molecule has 0 aliphatic carbocycles. The number of hydrogen-bond acceptors (Lipinski definition) is 5. The van der Waals surface area contributed by atoms with Gasteiger partial charge in [0.25, 0.3) is 10.0 Å². The SMILES string of the molecule is Cc1c(S(=O)(=O)NC2CCCN(C3CCN(C(C)C)CC3)C2=O)sc2ccc(Br)cc12. The number of carbonyl (C=O) groups is 1. The molecular weight excluding hydrogens is 498 g/mol. The summed E-state index contributed by atoms with van der Waals surface area (Å²) < 4.78 is 31.4. The van der Waals surface area contributed by atoms with Crippen molar-refractivity contribution in [1.82, 2.24) is 14.5 Å². The molecule has 0 spiro atoms. The summed E-state index contributed by atoms with van der Waals surface area (Å²) >= 11 is 4.72. The van der Waals surface area contributed by atoms with Crippen LogP contribution < -0.4 is 4.72 Å². The van der Waals surface area contributed by atoms with Gasteiger partial charge < -0.3 is 9.80 Å². The van der Waals surface area contributed by atoms with Gasteiger partial charge in [-0.05, 0) is 75.6 Å². The van der Waals surface area contributed by atoms with Crippen molar-refractivity contribution >= 4 is 53.3 Å². The van der Waals surface area contributed by atoms with Gasteiger partial charge in [0.1, 0.15) is 10.3 Å². The molecule has 2 aliphatic rings. The fourth-order valence-electron chi connectivity index (χ4n) is 4.75. The number of halogens is 1. The van der Waals surface area contributed by atoms with Crippen LogP contribution in [0.3, 0.4) is 0 Å². The number of nitrogens with zero attached hydrogens (tertiary/aromatic N) is 2. The van der Waals surface area contributed by atoms with Gasteiger partial charge in [0.15, 0.2) is 0 Å². The Morgan fingerprint density at radius 3 is 2.55 bits per heavy atom. The van der Waals surface area contributed by atoms with Crippen molar-refractivity contribution in [3.8, 4) is 0 Å². The van der Waals surface area contributed by atoms with E-state index in [2.05, 4.69) is 39.4 Å². The number of benzene rings is 1. The normalized spacial score (nSPS) is 22.0. The maximum absolute atomic E-state index is 13.2. The molecule has 0 saturated carbocycles. The minimum absolute atomic E-state index is 0.0701. The number of thiophene rings is 1. The second-order valence-corrected chi connectivity index (χ2v) is 12.7. The molecule has 1 atom stereocenters. The smallest absolute Gasteiger partial charge is 0.251 e. The molecule has 9 heteroatoms. The highest BCUT2D eigenvalue weighted by Gasteiger charge is 2.37. The Hall–Kier alpha value is -1.00. The van der Waals surface area contributed by atoms with Crippen LogP contribution in [0, 0.1) is 6.92 Å². The molecule has 1 unspecified atom stereocenters. The van der Waals surface area contributed by atoms with E-state index in [9.17, 15) is 13.2 Å². The van der Waals surface area contributed by atoms with Crippen molar-refractivity contribution in [2.24, 2.45) is 0 Å². The number of amides is 1. The van der Waals surface area contributed by atoms with E-state index >= 15 is 0 Å². The predicted molar refractivity (Wildman–Crippen MR) is 129 cm³/mol. The largest absolute Gasteiger partial charge is 0.338 e. The molecule has 2 aromatic rings. The van der Waals surface area contributed by atoms with E-state index in [-0.39, 0.29) is 11.9 Å². The van der Waals surface area contributed by atoms with E-state index in [0.29, 0.717) is 16.7 Å². The molecule has 2 saturated heterocycles. The molecule has 6 nitrogen and oxygen atoms in total. The lowest BCUT2D eigenvalue weighted by Crippen LogP contribution is -2.57. The fourth-order valence-corrected chi connectivity index (χ4v) is 8.10. The first-order valence-corrected chi connectivity index (χ1v) is 14.0.